The molecule has 2 aliphatic carbocycles. The highest BCUT2D eigenvalue weighted by molar-refractivity contribution is 5.78. The van der Waals surface area contributed by atoms with Crippen LogP contribution < -0.4 is 0 Å². The highest BCUT2D eigenvalue weighted by Gasteiger charge is 2.32. The lowest BCUT2D eigenvalue weighted by Gasteiger charge is -2.34. The van der Waals surface area contributed by atoms with Crippen LogP contribution in [0.5, 0.6) is 0 Å². The number of carbonyl (C=O) groups excluding carboxylic acids is 1. The third kappa shape index (κ3) is 0.979. The van der Waals surface area contributed by atoms with Crippen molar-refractivity contribution < 1.29 is 4.79 Å². The van der Waals surface area contributed by atoms with Crippen LogP contribution in [0, 0.1) is 11.8 Å². The fourth-order valence-corrected chi connectivity index (χ4v) is 2.22. The average molecular weight is 138 g/mol. The molecule has 2 saturated carbocycles. The maximum Gasteiger partial charge on any atom is 0.132 e. The van der Waals surface area contributed by atoms with Crippen molar-refractivity contribution in [2.24, 2.45) is 11.8 Å². The summed E-state index contributed by atoms with van der Waals surface area (Å²) in [4.78, 5) is 11.0. The predicted octanol–water partition coefficient (Wildman–Crippen LogP) is 2.16. The van der Waals surface area contributed by atoms with Crippen molar-refractivity contribution in [1.29, 1.82) is 0 Å². The van der Waals surface area contributed by atoms with Crippen LogP contribution in [-0.2, 0) is 4.79 Å². The SMILES string of the molecule is O=C1CC[C@@H]2CC[C@@H]2CC1. The Morgan fingerprint density at radius 1 is 0.900 bits per heavy atom. The maximum absolute atomic E-state index is 11.0. The van der Waals surface area contributed by atoms with Crippen LogP contribution in [0.2, 0.25) is 0 Å². The van der Waals surface area contributed by atoms with E-state index >= 15 is 0 Å². The minimum atomic E-state index is 0.509. The molecule has 0 amide bonds. The smallest absolute Gasteiger partial charge is 0.132 e. The number of Topliss-reactive ketones (excluding diaryl/α,β-unsaturated/α-hetero) is 1. The number of carbonyl (C=O) groups is 1. The molecule has 0 aromatic carbocycles. The normalized spacial score (nSPS) is 39.8. The standard InChI is InChI=1S/C9H14O/c10-9-5-3-7-1-2-8(7)4-6-9/h7-8H,1-6H2/t7-,8+. The van der Waals surface area contributed by atoms with Gasteiger partial charge in [0, 0.05) is 12.8 Å². The zero-order valence-electron chi connectivity index (χ0n) is 6.31. The molecular formula is C9H14O. The number of rotatable bonds is 0. The molecule has 2 atom stereocenters. The summed E-state index contributed by atoms with van der Waals surface area (Å²) in [6.07, 6.45) is 6.95. The summed E-state index contributed by atoms with van der Waals surface area (Å²) in [6, 6.07) is 0. The van der Waals surface area contributed by atoms with Gasteiger partial charge in [-0.3, -0.25) is 4.79 Å². The fourth-order valence-electron chi connectivity index (χ4n) is 2.22. The van der Waals surface area contributed by atoms with Crippen molar-refractivity contribution in [1.82, 2.24) is 0 Å². The first-order valence-corrected chi connectivity index (χ1v) is 4.38. The van der Waals surface area contributed by atoms with Crippen LogP contribution >= 0.6 is 0 Å². The molecule has 2 fully saturated rings. The van der Waals surface area contributed by atoms with E-state index in [1.807, 2.05) is 0 Å². The van der Waals surface area contributed by atoms with E-state index in [2.05, 4.69) is 0 Å². The van der Waals surface area contributed by atoms with Gasteiger partial charge in [0.2, 0.25) is 0 Å². The quantitative estimate of drug-likeness (QED) is 0.501. The highest BCUT2D eigenvalue weighted by atomic mass is 16.1. The van der Waals surface area contributed by atoms with E-state index in [9.17, 15) is 4.79 Å². The molecule has 0 heterocycles. The number of ketones is 1. The molecule has 0 unspecified atom stereocenters. The summed E-state index contributed by atoms with van der Waals surface area (Å²) in [7, 11) is 0. The summed E-state index contributed by atoms with van der Waals surface area (Å²) in [6.45, 7) is 0. The average Bonchev–Trinajstić information content (AvgIpc) is 1.94. The fraction of sp³-hybridized carbons (Fsp3) is 0.889. The number of hydrogen-bond donors (Lipinski definition) is 0. The molecule has 0 aromatic heterocycles. The summed E-state index contributed by atoms with van der Waals surface area (Å²) >= 11 is 0. The largest absolute Gasteiger partial charge is 0.300 e. The van der Waals surface area contributed by atoms with Gasteiger partial charge >= 0.3 is 0 Å². The molecule has 1 nitrogen and oxygen atoms in total. The molecule has 2 rings (SSSR count). The van der Waals surface area contributed by atoms with E-state index in [1.54, 1.807) is 0 Å². The molecule has 0 bridgehead atoms. The zero-order chi connectivity index (χ0) is 6.97. The predicted molar refractivity (Wildman–Crippen MR) is 39.7 cm³/mol. The lowest BCUT2D eigenvalue weighted by Crippen LogP contribution is -2.23. The minimum absolute atomic E-state index is 0.509. The van der Waals surface area contributed by atoms with E-state index in [1.165, 1.54) is 25.7 Å². The summed E-state index contributed by atoms with van der Waals surface area (Å²) in [5, 5.41) is 0. The van der Waals surface area contributed by atoms with Crippen molar-refractivity contribution in [3.63, 3.8) is 0 Å². The van der Waals surface area contributed by atoms with Gasteiger partial charge in [-0.2, -0.15) is 0 Å². The molecule has 0 radical (unpaired) electrons. The number of hydrogen-bond acceptors (Lipinski definition) is 1. The van der Waals surface area contributed by atoms with Crippen molar-refractivity contribution in [2.45, 2.75) is 38.5 Å². The van der Waals surface area contributed by atoms with Gasteiger partial charge in [-0.15, -0.1) is 0 Å². The topological polar surface area (TPSA) is 17.1 Å². The Labute approximate surface area is 61.8 Å². The minimum Gasteiger partial charge on any atom is -0.300 e. The second-order valence-corrected chi connectivity index (χ2v) is 3.71. The van der Waals surface area contributed by atoms with Gasteiger partial charge in [0.05, 0.1) is 0 Å². The number of fused-ring (bicyclic) bond motifs is 1. The van der Waals surface area contributed by atoms with Gasteiger partial charge in [0.25, 0.3) is 0 Å². The van der Waals surface area contributed by atoms with E-state index in [-0.39, 0.29) is 0 Å². The van der Waals surface area contributed by atoms with Crippen LogP contribution in [0.3, 0.4) is 0 Å². The molecule has 0 saturated heterocycles. The van der Waals surface area contributed by atoms with Crippen molar-refractivity contribution in [2.75, 3.05) is 0 Å². The monoisotopic (exact) mass is 138 g/mol. The van der Waals surface area contributed by atoms with Gasteiger partial charge in [0.15, 0.2) is 0 Å². The molecule has 56 valence electrons. The molecule has 10 heavy (non-hydrogen) atoms. The van der Waals surface area contributed by atoms with Gasteiger partial charge in [-0.05, 0) is 37.5 Å². The summed E-state index contributed by atoms with van der Waals surface area (Å²) < 4.78 is 0. The molecule has 0 N–H and O–H groups in total. The summed E-state index contributed by atoms with van der Waals surface area (Å²) in [5.41, 5.74) is 0. The zero-order valence-corrected chi connectivity index (χ0v) is 6.31. The Bertz CT molecular complexity index is 135. The van der Waals surface area contributed by atoms with Gasteiger partial charge in [-0.1, -0.05) is 0 Å². The Morgan fingerprint density at radius 2 is 1.40 bits per heavy atom. The van der Waals surface area contributed by atoms with Crippen LogP contribution in [0.4, 0.5) is 0 Å². The first-order valence-electron chi connectivity index (χ1n) is 4.38. The Hall–Kier alpha value is -0.330. The van der Waals surface area contributed by atoms with Crippen molar-refractivity contribution in [3.8, 4) is 0 Å². The van der Waals surface area contributed by atoms with Crippen LogP contribution in [0.25, 0.3) is 0 Å². The van der Waals surface area contributed by atoms with Crippen molar-refractivity contribution in [3.05, 3.63) is 0 Å². The van der Waals surface area contributed by atoms with Gasteiger partial charge in [-0.25, -0.2) is 0 Å². The summed E-state index contributed by atoms with van der Waals surface area (Å²) in [5.74, 6) is 2.38. The first-order chi connectivity index (χ1) is 4.86. The lowest BCUT2D eigenvalue weighted by molar-refractivity contribution is -0.118. The third-order valence-corrected chi connectivity index (χ3v) is 3.16. The molecule has 0 aromatic rings. The highest BCUT2D eigenvalue weighted by Crippen LogP contribution is 2.42. The van der Waals surface area contributed by atoms with Crippen LogP contribution in [0.15, 0.2) is 0 Å². The third-order valence-electron chi connectivity index (χ3n) is 3.16. The molecular weight excluding hydrogens is 124 g/mol. The molecule has 1 heteroatoms. The van der Waals surface area contributed by atoms with Crippen molar-refractivity contribution >= 4 is 5.78 Å². The maximum atomic E-state index is 11.0. The Balaban J connectivity index is 1.97. The lowest BCUT2D eigenvalue weighted by atomic mass is 9.71. The van der Waals surface area contributed by atoms with E-state index in [4.69, 9.17) is 0 Å². The second kappa shape index (κ2) is 2.37. The Kier molecular flexibility index (Phi) is 1.51. The molecule has 0 aliphatic heterocycles. The van der Waals surface area contributed by atoms with Gasteiger partial charge < -0.3 is 0 Å². The van der Waals surface area contributed by atoms with E-state index < -0.39 is 0 Å². The van der Waals surface area contributed by atoms with Gasteiger partial charge in [0.1, 0.15) is 5.78 Å². The molecule has 0 spiro atoms. The Morgan fingerprint density at radius 3 is 1.80 bits per heavy atom. The van der Waals surface area contributed by atoms with E-state index in [0.29, 0.717) is 5.78 Å². The van der Waals surface area contributed by atoms with E-state index in [0.717, 1.165) is 24.7 Å². The second-order valence-electron chi connectivity index (χ2n) is 3.71. The molecule has 2 aliphatic rings. The first kappa shape index (κ1) is 6.38. The van der Waals surface area contributed by atoms with Crippen LogP contribution in [-0.4, -0.2) is 5.78 Å². The van der Waals surface area contributed by atoms with Crippen LogP contribution in [0.1, 0.15) is 38.5 Å².